The molecule has 5 nitrogen and oxygen atoms in total. The Labute approximate surface area is 170 Å². The number of anilines is 2. The van der Waals surface area contributed by atoms with E-state index in [0.29, 0.717) is 16.3 Å². The number of amides is 1. The zero-order valence-electron chi connectivity index (χ0n) is 13.8. The number of carbonyl (C=O) groups is 1. The van der Waals surface area contributed by atoms with Gasteiger partial charge >= 0.3 is 0 Å². The highest BCUT2D eigenvalue weighted by Gasteiger charge is 2.16. The zero-order chi connectivity index (χ0) is 19.4. The van der Waals surface area contributed by atoms with Gasteiger partial charge in [0.05, 0.1) is 15.6 Å². The van der Waals surface area contributed by atoms with Crippen LogP contribution < -0.4 is 10.0 Å². The lowest BCUT2D eigenvalue weighted by Crippen LogP contribution is -2.15. The summed E-state index contributed by atoms with van der Waals surface area (Å²) in [6.07, 6.45) is 0. The Morgan fingerprint density at radius 2 is 1.52 bits per heavy atom. The van der Waals surface area contributed by atoms with Crippen molar-refractivity contribution in [3.63, 3.8) is 0 Å². The van der Waals surface area contributed by atoms with Crippen molar-refractivity contribution in [2.75, 3.05) is 10.0 Å². The third-order valence-electron chi connectivity index (χ3n) is 3.65. The Hall–Kier alpha value is -2.35. The summed E-state index contributed by atoms with van der Waals surface area (Å²) in [7, 11) is -3.81. The van der Waals surface area contributed by atoms with E-state index in [1.807, 2.05) is 12.1 Å². The molecule has 0 aliphatic heterocycles. The summed E-state index contributed by atoms with van der Waals surface area (Å²) in [6.45, 7) is 0. The minimum Gasteiger partial charge on any atom is -0.322 e. The van der Waals surface area contributed by atoms with Gasteiger partial charge in [-0.1, -0.05) is 39.7 Å². The maximum Gasteiger partial charge on any atom is 0.261 e. The Morgan fingerprint density at radius 1 is 0.889 bits per heavy atom. The summed E-state index contributed by atoms with van der Waals surface area (Å²) in [5.74, 6) is -0.333. The molecule has 0 atom stereocenters. The molecular formula is C19H14BrClN2O3S. The van der Waals surface area contributed by atoms with Crippen LogP contribution >= 0.6 is 27.5 Å². The van der Waals surface area contributed by atoms with Gasteiger partial charge in [-0.15, -0.1) is 0 Å². The number of para-hydroxylation sites is 1. The molecule has 3 aromatic carbocycles. The largest absolute Gasteiger partial charge is 0.322 e. The Bertz CT molecular complexity index is 1070. The SMILES string of the molecule is O=C(Nc1ccc(Br)cc1)c1ccc(S(=O)(=O)Nc2ccccc2Cl)cc1. The summed E-state index contributed by atoms with van der Waals surface area (Å²) in [4.78, 5) is 12.3. The Morgan fingerprint density at radius 3 is 2.15 bits per heavy atom. The van der Waals surface area contributed by atoms with Crippen molar-refractivity contribution in [1.29, 1.82) is 0 Å². The first-order valence-corrected chi connectivity index (χ1v) is 10.4. The number of halogens is 2. The molecule has 0 aliphatic rings. The smallest absolute Gasteiger partial charge is 0.261 e. The monoisotopic (exact) mass is 464 g/mol. The fourth-order valence-electron chi connectivity index (χ4n) is 2.27. The van der Waals surface area contributed by atoms with E-state index in [2.05, 4.69) is 26.0 Å². The minimum atomic E-state index is -3.81. The Balaban J connectivity index is 1.75. The molecule has 0 spiro atoms. The molecule has 27 heavy (non-hydrogen) atoms. The quantitative estimate of drug-likeness (QED) is 0.547. The van der Waals surface area contributed by atoms with Crippen molar-refractivity contribution >= 4 is 54.8 Å². The molecule has 0 bridgehead atoms. The summed E-state index contributed by atoms with van der Waals surface area (Å²) in [6, 6.07) is 19.3. The number of hydrogen-bond donors (Lipinski definition) is 2. The maximum absolute atomic E-state index is 12.5. The second-order valence-corrected chi connectivity index (χ2v) is 8.58. The number of rotatable bonds is 5. The predicted molar refractivity (Wildman–Crippen MR) is 111 cm³/mol. The fourth-order valence-corrected chi connectivity index (χ4v) is 3.85. The van der Waals surface area contributed by atoms with Crippen LogP contribution in [-0.2, 0) is 10.0 Å². The first kappa shape index (κ1) is 19.4. The van der Waals surface area contributed by atoms with Gasteiger partial charge in [-0.2, -0.15) is 0 Å². The highest BCUT2D eigenvalue weighted by molar-refractivity contribution is 9.10. The van der Waals surface area contributed by atoms with Crippen molar-refractivity contribution in [2.24, 2.45) is 0 Å². The van der Waals surface area contributed by atoms with Crippen LogP contribution in [0.4, 0.5) is 11.4 Å². The van der Waals surface area contributed by atoms with E-state index >= 15 is 0 Å². The summed E-state index contributed by atoms with van der Waals surface area (Å²) >= 11 is 9.32. The van der Waals surface area contributed by atoms with Gasteiger partial charge in [-0.25, -0.2) is 8.42 Å². The summed E-state index contributed by atoms with van der Waals surface area (Å²) in [5.41, 5.74) is 1.27. The fraction of sp³-hybridized carbons (Fsp3) is 0. The van der Waals surface area contributed by atoms with Gasteiger partial charge in [-0.05, 0) is 60.7 Å². The van der Waals surface area contributed by atoms with Crippen molar-refractivity contribution in [3.8, 4) is 0 Å². The molecule has 8 heteroatoms. The number of hydrogen-bond acceptors (Lipinski definition) is 3. The summed E-state index contributed by atoms with van der Waals surface area (Å²) in [5, 5.41) is 3.05. The number of benzene rings is 3. The number of carbonyl (C=O) groups excluding carboxylic acids is 1. The van der Waals surface area contributed by atoms with E-state index in [9.17, 15) is 13.2 Å². The molecule has 0 heterocycles. The first-order chi connectivity index (χ1) is 12.8. The third kappa shape index (κ3) is 4.88. The molecule has 138 valence electrons. The first-order valence-electron chi connectivity index (χ1n) is 7.79. The molecule has 0 aliphatic carbocycles. The van der Waals surface area contributed by atoms with Crippen LogP contribution in [0, 0.1) is 0 Å². The molecule has 0 saturated carbocycles. The second kappa shape index (κ2) is 8.12. The van der Waals surface area contributed by atoms with Gasteiger partial charge in [-0.3, -0.25) is 9.52 Å². The standard InChI is InChI=1S/C19H14BrClN2O3S/c20-14-7-9-15(10-8-14)22-19(24)13-5-11-16(12-6-13)27(25,26)23-18-4-2-1-3-17(18)21/h1-12,23H,(H,22,24). The number of sulfonamides is 1. The lowest BCUT2D eigenvalue weighted by molar-refractivity contribution is 0.102. The highest BCUT2D eigenvalue weighted by Crippen LogP contribution is 2.24. The summed E-state index contributed by atoms with van der Waals surface area (Å²) < 4.78 is 28.3. The second-order valence-electron chi connectivity index (χ2n) is 5.57. The van der Waals surface area contributed by atoms with E-state index in [1.54, 1.807) is 36.4 Å². The normalized spacial score (nSPS) is 11.0. The van der Waals surface area contributed by atoms with Crippen molar-refractivity contribution < 1.29 is 13.2 Å². The Kier molecular flexibility index (Phi) is 5.84. The average molecular weight is 466 g/mol. The van der Waals surface area contributed by atoms with E-state index in [-0.39, 0.29) is 16.5 Å². The molecule has 0 radical (unpaired) electrons. The van der Waals surface area contributed by atoms with Crippen molar-refractivity contribution in [2.45, 2.75) is 4.90 Å². The average Bonchev–Trinajstić information content (AvgIpc) is 2.65. The molecule has 2 N–H and O–H groups in total. The maximum atomic E-state index is 12.5. The third-order valence-corrected chi connectivity index (χ3v) is 5.89. The molecular weight excluding hydrogens is 452 g/mol. The van der Waals surface area contributed by atoms with Gasteiger partial charge in [0.25, 0.3) is 15.9 Å². The predicted octanol–water partition coefficient (Wildman–Crippen LogP) is 5.16. The van der Waals surface area contributed by atoms with Crippen LogP contribution in [-0.4, -0.2) is 14.3 Å². The number of nitrogens with one attached hydrogen (secondary N) is 2. The van der Waals surface area contributed by atoms with E-state index < -0.39 is 10.0 Å². The van der Waals surface area contributed by atoms with Gasteiger partial charge in [0.15, 0.2) is 0 Å². The van der Waals surface area contributed by atoms with Crippen LogP contribution in [0.1, 0.15) is 10.4 Å². The molecule has 0 unspecified atom stereocenters. The zero-order valence-corrected chi connectivity index (χ0v) is 17.0. The molecule has 0 fully saturated rings. The minimum absolute atomic E-state index is 0.0302. The van der Waals surface area contributed by atoms with Gasteiger partial charge < -0.3 is 5.32 Å². The molecule has 3 rings (SSSR count). The molecule has 0 saturated heterocycles. The van der Waals surface area contributed by atoms with Gasteiger partial charge in [0, 0.05) is 15.7 Å². The van der Waals surface area contributed by atoms with Crippen molar-refractivity contribution in [3.05, 3.63) is 87.9 Å². The van der Waals surface area contributed by atoms with Crippen LogP contribution in [0.2, 0.25) is 5.02 Å². The van der Waals surface area contributed by atoms with Gasteiger partial charge in [0.2, 0.25) is 0 Å². The van der Waals surface area contributed by atoms with Crippen LogP contribution in [0.3, 0.4) is 0 Å². The van der Waals surface area contributed by atoms with Gasteiger partial charge in [0.1, 0.15) is 0 Å². The van der Waals surface area contributed by atoms with Crippen LogP contribution in [0.5, 0.6) is 0 Å². The van der Waals surface area contributed by atoms with Crippen molar-refractivity contribution in [1.82, 2.24) is 0 Å². The highest BCUT2D eigenvalue weighted by atomic mass is 79.9. The van der Waals surface area contributed by atoms with E-state index in [0.717, 1.165) is 4.47 Å². The lowest BCUT2D eigenvalue weighted by Gasteiger charge is -2.10. The molecule has 3 aromatic rings. The van der Waals surface area contributed by atoms with Crippen LogP contribution in [0.25, 0.3) is 0 Å². The molecule has 1 amide bonds. The van der Waals surface area contributed by atoms with E-state index in [4.69, 9.17) is 11.6 Å². The van der Waals surface area contributed by atoms with Crippen LogP contribution in [0.15, 0.2) is 82.2 Å². The topological polar surface area (TPSA) is 75.3 Å². The molecule has 0 aromatic heterocycles. The lowest BCUT2D eigenvalue weighted by atomic mass is 10.2. The van der Waals surface area contributed by atoms with E-state index in [1.165, 1.54) is 24.3 Å².